The Morgan fingerprint density at radius 3 is 2.52 bits per heavy atom. The second-order valence-electron chi connectivity index (χ2n) is 6.14. The van der Waals surface area contributed by atoms with Crippen molar-refractivity contribution in [2.75, 3.05) is 13.1 Å². The van der Waals surface area contributed by atoms with Crippen molar-refractivity contribution in [3.8, 4) is 11.5 Å². The Kier molecular flexibility index (Phi) is 6.29. The van der Waals surface area contributed by atoms with Crippen molar-refractivity contribution in [1.82, 2.24) is 24.0 Å². The number of halogens is 1. The summed E-state index contributed by atoms with van der Waals surface area (Å²) in [5, 5.41) is 22.0. The van der Waals surface area contributed by atoms with Crippen LogP contribution in [0, 0.1) is 0 Å². The van der Waals surface area contributed by atoms with Gasteiger partial charge in [0.05, 0.1) is 6.33 Å². The second-order valence-corrected chi connectivity index (χ2v) is 6.14. The van der Waals surface area contributed by atoms with Gasteiger partial charge in [0.25, 0.3) is 5.56 Å². The molecule has 3 N–H and O–H groups in total. The van der Waals surface area contributed by atoms with Crippen LogP contribution in [0.4, 0.5) is 0 Å². The van der Waals surface area contributed by atoms with Crippen molar-refractivity contribution in [3.05, 3.63) is 50.9 Å². The average molecular weight is 396 g/mol. The topological polar surface area (TPSA) is 114 Å². The van der Waals surface area contributed by atoms with E-state index in [9.17, 15) is 19.8 Å². The number of aromatic nitrogens is 4. The Balaban J connectivity index is 0.00000261. The molecule has 10 heteroatoms. The van der Waals surface area contributed by atoms with Crippen molar-refractivity contribution in [2.45, 2.75) is 13.0 Å². The van der Waals surface area contributed by atoms with E-state index in [1.807, 2.05) is 0 Å². The highest BCUT2D eigenvalue weighted by molar-refractivity contribution is 5.85. The molecule has 0 atom stereocenters. The van der Waals surface area contributed by atoms with Gasteiger partial charge in [0.2, 0.25) is 0 Å². The number of benzene rings is 1. The van der Waals surface area contributed by atoms with Crippen LogP contribution in [-0.4, -0.2) is 42.0 Å². The van der Waals surface area contributed by atoms with Crippen LogP contribution in [-0.2, 0) is 27.1 Å². The van der Waals surface area contributed by atoms with Gasteiger partial charge in [-0.25, -0.2) is 9.78 Å². The predicted octanol–water partition coefficient (Wildman–Crippen LogP) is 0.0990. The number of hydrogen-bond donors (Lipinski definition) is 3. The molecule has 0 saturated heterocycles. The van der Waals surface area contributed by atoms with Gasteiger partial charge in [-0.3, -0.25) is 13.9 Å². The number of aromatic hydroxyl groups is 2. The van der Waals surface area contributed by atoms with Gasteiger partial charge in [-0.2, -0.15) is 0 Å². The van der Waals surface area contributed by atoms with E-state index >= 15 is 0 Å². The summed E-state index contributed by atoms with van der Waals surface area (Å²) in [6.45, 7) is 1.82. The van der Waals surface area contributed by atoms with Gasteiger partial charge in [0.1, 0.15) is 0 Å². The standard InChI is InChI=1S/C17H21N5O4.ClH/c1-20-15-14(16(25)21(2)17(20)26)22(10-19-15)8-7-18-6-5-11-3-4-12(23)13(24)9-11;/h3-4,9-10,18,23-24H,5-8H2,1-2H3;1H. The molecule has 0 aliphatic rings. The molecule has 0 aliphatic heterocycles. The molecule has 27 heavy (non-hydrogen) atoms. The molecule has 0 bridgehead atoms. The van der Waals surface area contributed by atoms with Crippen LogP contribution < -0.4 is 16.6 Å². The Labute approximate surface area is 160 Å². The molecule has 0 spiro atoms. The third-order valence-electron chi connectivity index (χ3n) is 4.38. The number of nitrogens with one attached hydrogen (secondary N) is 1. The zero-order valence-electron chi connectivity index (χ0n) is 15.0. The number of phenolic OH excluding ortho intramolecular Hbond substituents is 2. The summed E-state index contributed by atoms with van der Waals surface area (Å²) in [7, 11) is 3.04. The number of rotatable bonds is 6. The monoisotopic (exact) mass is 395 g/mol. The number of aryl methyl sites for hydroxylation is 1. The molecule has 3 aromatic rings. The number of nitrogens with zero attached hydrogens (tertiary/aromatic N) is 4. The fourth-order valence-corrected chi connectivity index (χ4v) is 2.85. The largest absolute Gasteiger partial charge is 0.504 e. The maximum atomic E-state index is 12.3. The van der Waals surface area contributed by atoms with Crippen molar-refractivity contribution in [3.63, 3.8) is 0 Å². The average Bonchev–Trinajstić information content (AvgIpc) is 3.05. The minimum atomic E-state index is -0.400. The Morgan fingerprint density at radius 2 is 1.81 bits per heavy atom. The first-order valence-corrected chi connectivity index (χ1v) is 8.22. The van der Waals surface area contributed by atoms with Gasteiger partial charge in [-0.05, 0) is 30.7 Å². The molecule has 0 amide bonds. The third-order valence-corrected chi connectivity index (χ3v) is 4.38. The van der Waals surface area contributed by atoms with Gasteiger partial charge in [-0.15, -0.1) is 12.4 Å². The first-order chi connectivity index (χ1) is 12.4. The summed E-state index contributed by atoms with van der Waals surface area (Å²) in [6.07, 6.45) is 2.25. The lowest BCUT2D eigenvalue weighted by atomic mass is 10.1. The van der Waals surface area contributed by atoms with Gasteiger partial charge >= 0.3 is 5.69 Å². The van der Waals surface area contributed by atoms with Crippen molar-refractivity contribution in [1.29, 1.82) is 0 Å². The van der Waals surface area contributed by atoms with Crippen LogP contribution in [0.1, 0.15) is 5.56 Å². The van der Waals surface area contributed by atoms with E-state index in [-0.39, 0.29) is 29.5 Å². The lowest BCUT2D eigenvalue weighted by Crippen LogP contribution is -2.37. The maximum Gasteiger partial charge on any atom is 0.332 e. The quantitative estimate of drug-likeness (QED) is 0.403. The number of imidazole rings is 1. The highest BCUT2D eigenvalue weighted by Crippen LogP contribution is 2.24. The summed E-state index contributed by atoms with van der Waals surface area (Å²) in [6, 6.07) is 4.75. The maximum absolute atomic E-state index is 12.3. The van der Waals surface area contributed by atoms with E-state index in [0.29, 0.717) is 37.2 Å². The zero-order valence-corrected chi connectivity index (χ0v) is 15.9. The minimum Gasteiger partial charge on any atom is -0.504 e. The molecule has 1 aromatic carbocycles. The summed E-state index contributed by atoms with van der Waals surface area (Å²) in [5.41, 5.74) is 0.922. The molecule has 0 saturated carbocycles. The molecule has 9 nitrogen and oxygen atoms in total. The van der Waals surface area contributed by atoms with E-state index in [1.165, 1.54) is 23.7 Å². The lowest BCUT2D eigenvalue weighted by Gasteiger charge is -2.08. The Bertz CT molecular complexity index is 1070. The molecule has 2 aromatic heterocycles. The van der Waals surface area contributed by atoms with Gasteiger partial charge < -0.3 is 20.1 Å². The van der Waals surface area contributed by atoms with Crippen molar-refractivity contribution in [2.24, 2.45) is 14.1 Å². The lowest BCUT2D eigenvalue weighted by molar-refractivity contribution is 0.403. The van der Waals surface area contributed by atoms with Crippen LogP contribution in [0.15, 0.2) is 34.1 Å². The number of phenols is 2. The molecule has 0 radical (unpaired) electrons. The highest BCUT2D eigenvalue weighted by atomic mass is 35.5. The van der Waals surface area contributed by atoms with Crippen LogP contribution in [0.3, 0.4) is 0 Å². The number of fused-ring (bicyclic) bond motifs is 1. The molecule has 0 unspecified atom stereocenters. The molecular weight excluding hydrogens is 374 g/mol. The van der Waals surface area contributed by atoms with Crippen molar-refractivity contribution >= 4 is 23.6 Å². The van der Waals surface area contributed by atoms with E-state index in [2.05, 4.69) is 10.3 Å². The minimum absolute atomic E-state index is 0. The fourth-order valence-electron chi connectivity index (χ4n) is 2.85. The van der Waals surface area contributed by atoms with E-state index in [0.717, 1.165) is 10.1 Å². The first-order valence-electron chi connectivity index (χ1n) is 8.22. The van der Waals surface area contributed by atoms with Crippen LogP contribution >= 0.6 is 12.4 Å². The molecule has 2 heterocycles. The molecule has 3 rings (SSSR count). The predicted molar refractivity (Wildman–Crippen MR) is 104 cm³/mol. The Morgan fingerprint density at radius 1 is 1.07 bits per heavy atom. The summed E-state index contributed by atoms with van der Waals surface area (Å²) in [4.78, 5) is 28.4. The fraction of sp³-hybridized carbons (Fsp3) is 0.353. The van der Waals surface area contributed by atoms with E-state index in [1.54, 1.807) is 24.0 Å². The van der Waals surface area contributed by atoms with E-state index < -0.39 is 5.69 Å². The van der Waals surface area contributed by atoms with Crippen LogP contribution in [0.2, 0.25) is 0 Å². The SMILES string of the molecule is Cl.Cn1c(=O)c2c(ncn2CCNCCc2ccc(O)c(O)c2)n(C)c1=O. The smallest absolute Gasteiger partial charge is 0.332 e. The van der Waals surface area contributed by atoms with Crippen molar-refractivity contribution < 1.29 is 10.2 Å². The first kappa shape index (κ1) is 20.5. The molecule has 146 valence electrons. The molecule has 0 fully saturated rings. The van der Waals surface area contributed by atoms with Gasteiger partial charge in [0, 0.05) is 27.2 Å². The van der Waals surface area contributed by atoms with E-state index in [4.69, 9.17) is 0 Å². The molecule has 0 aliphatic carbocycles. The summed E-state index contributed by atoms with van der Waals surface area (Å²) in [5.74, 6) is -0.265. The zero-order chi connectivity index (χ0) is 18.8. The van der Waals surface area contributed by atoms with Crippen LogP contribution in [0.25, 0.3) is 11.2 Å². The summed E-state index contributed by atoms with van der Waals surface area (Å²) >= 11 is 0. The van der Waals surface area contributed by atoms with Gasteiger partial charge in [0.15, 0.2) is 22.7 Å². The molecular formula is C17H22ClN5O4. The second kappa shape index (κ2) is 8.28. The number of hydrogen-bond acceptors (Lipinski definition) is 6. The van der Waals surface area contributed by atoms with Crippen LogP contribution in [0.5, 0.6) is 11.5 Å². The van der Waals surface area contributed by atoms with Gasteiger partial charge in [-0.1, -0.05) is 6.07 Å². The third kappa shape index (κ3) is 3.99. The Hall–Kier alpha value is -2.78. The normalized spacial score (nSPS) is 10.9. The summed E-state index contributed by atoms with van der Waals surface area (Å²) < 4.78 is 4.17. The highest BCUT2D eigenvalue weighted by Gasteiger charge is 2.13.